The number of aliphatic hydroxyl groups is 2. The lowest BCUT2D eigenvalue weighted by Crippen LogP contribution is -2.49. The zero-order valence-electron chi connectivity index (χ0n) is 20.0. The minimum Gasteiger partial charge on any atom is -0.472 e. The van der Waals surface area contributed by atoms with Crippen LogP contribution in [0.1, 0.15) is 42.3 Å². The maximum Gasteiger partial charge on any atom is 0.259 e. The van der Waals surface area contributed by atoms with Crippen molar-refractivity contribution in [2.75, 3.05) is 26.7 Å². The monoisotopic (exact) mass is 469 g/mol. The van der Waals surface area contributed by atoms with Crippen LogP contribution < -0.4 is 4.74 Å². The van der Waals surface area contributed by atoms with Crippen molar-refractivity contribution < 1.29 is 24.1 Å². The van der Waals surface area contributed by atoms with Crippen molar-refractivity contribution in [2.45, 2.75) is 45.6 Å². The van der Waals surface area contributed by atoms with Crippen LogP contribution in [-0.4, -0.2) is 75.9 Å². The molecule has 1 aliphatic heterocycles. The van der Waals surface area contributed by atoms with Crippen LogP contribution in [0, 0.1) is 23.6 Å². The highest BCUT2D eigenvalue weighted by molar-refractivity contribution is 5.97. The summed E-state index contributed by atoms with van der Waals surface area (Å²) in [5.74, 6) is 5.05. The molecule has 0 aliphatic carbocycles. The number of pyridine rings is 1. The molecule has 0 fully saturated rings. The Morgan fingerprint density at radius 3 is 2.79 bits per heavy atom. The Morgan fingerprint density at radius 2 is 2.12 bits per heavy atom. The van der Waals surface area contributed by atoms with E-state index >= 15 is 0 Å². The minimum absolute atomic E-state index is 0.0578. The van der Waals surface area contributed by atoms with Crippen molar-refractivity contribution in [1.29, 1.82) is 0 Å². The maximum absolute atomic E-state index is 13.6. The molecule has 2 aromatic rings. The second-order valence-corrected chi connectivity index (χ2v) is 8.97. The third-order valence-corrected chi connectivity index (χ3v) is 5.78. The summed E-state index contributed by atoms with van der Waals surface area (Å²) >= 11 is 0. The van der Waals surface area contributed by atoms with Crippen LogP contribution in [0.4, 0.5) is 4.39 Å². The first kappa shape index (κ1) is 25.6. The van der Waals surface area contributed by atoms with E-state index in [-0.39, 0.29) is 41.8 Å². The predicted octanol–water partition coefficient (Wildman–Crippen LogP) is 2.31. The maximum atomic E-state index is 13.6. The zero-order valence-corrected chi connectivity index (χ0v) is 20.0. The molecule has 1 aromatic carbocycles. The van der Waals surface area contributed by atoms with Crippen LogP contribution in [0.3, 0.4) is 0 Å². The molecule has 0 spiro atoms. The molecule has 1 aliphatic rings. The molecule has 2 heterocycles. The number of hydrogen-bond acceptors (Lipinski definition) is 6. The Balaban J connectivity index is 1.90. The second kappa shape index (κ2) is 11.4. The molecule has 1 aromatic heterocycles. The van der Waals surface area contributed by atoms with E-state index in [0.29, 0.717) is 25.2 Å². The van der Waals surface area contributed by atoms with Crippen LogP contribution in [0.15, 0.2) is 36.5 Å². The topological polar surface area (TPSA) is 86.1 Å². The average Bonchev–Trinajstić information content (AvgIpc) is 2.79. The van der Waals surface area contributed by atoms with Gasteiger partial charge in [0.05, 0.1) is 12.6 Å². The van der Waals surface area contributed by atoms with Crippen molar-refractivity contribution in [3.05, 3.63) is 59.0 Å². The van der Waals surface area contributed by atoms with E-state index in [4.69, 9.17) is 4.74 Å². The van der Waals surface area contributed by atoms with Gasteiger partial charge in [0.25, 0.3) is 5.91 Å². The van der Waals surface area contributed by atoms with Crippen molar-refractivity contribution in [3.8, 4) is 17.7 Å². The van der Waals surface area contributed by atoms with Gasteiger partial charge in [-0.3, -0.25) is 9.69 Å². The number of nitrogens with zero attached hydrogens (tertiary/aromatic N) is 3. The number of carbonyl (C=O) groups is 1. The Bertz CT molecular complexity index is 1070. The lowest BCUT2D eigenvalue weighted by atomic mass is 9.99. The van der Waals surface area contributed by atoms with Crippen LogP contribution in [0.25, 0.3) is 0 Å². The van der Waals surface area contributed by atoms with E-state index < -0.39 is 12.1 Å². The SMILES string of the molecule is C[C@H](O)C#Cc1cnc2c(c1)C(=O)N([C@@H](C)CO)C[C@H](C)[C@H](CN(C)Cc1cccc(F)c1)O2. The molecule has 0 radical (unpaired) electrons. The summed E-state index contributed by atoms with van der Waals surface area (Å²) in [5, 5.41) is 19.2. The Hall–Kier alpha value is -2.99. The van der Waals surface area contributed by atoms with Gasteiger partial charge in [0.15, 0.2) is 0 Å². The number of likely N-dealkylation sites (N-methyl/N-ethyl adjacent to an activating group) is 1. The number of carbonyl (C=O) groups excluding carboxylic acids is 1. The van der Waals surface area contributed by atoms with E-state index in [1.54, 1.807) is 30.9 Å². The second-order valence-electron chi connectivity index (χ2n) is 8.97. The Labute approximate surface area is 200 Å². The first-order valence-corrected chi connectivity index (χ1v) is 11.4. The van der Waals surface area contributed by atoms with Gasteiger partial charge in [-0.15, -0.1) is 0 Å². The lowest BCUT2D eigenvalue weighted by molar-refractivity contribution is 0.0325. The average molecular weight is 470 g/mol. The fourth-order valence-electron chi connectivity index (χ4n) is 3.90. The number of rotatable bonds is 6. The summed E-state index contributed by atoms with van der Waals surface area (Å²) in [6.45, 7) is 6.63. The van der Waals surface area contributed by atoms with E-state index in [1.165, 1.54) is 18.3 Å². The van der Waals surface area contributed by atoms with E-state index in [0.717, 1.165) is 5.56 Å². The molecule has 182 valence electrons. The highest BCUT2D eigenvalue weighted by Crippen LogP contribution is 2.27. The first-order valence-electron chi connectivity index (χ1n) is 11.4. The van der Waals surface area contributed by atoms with Crippen LogP contribution in [0.2, 0.25) is 0 Å². The summed E-state index contributed by atoms with van der Waals surface area (Å²) in [4.78, 5) is 21.4. The summed E-state index contributed by atoms with van der Waals surface area (Å²) in [6.07, 6.45) is 0.403. The molecular weight excluding hydrogens is 437 g/mol. The Kier molecular flexibility index (Phi) is 8.61. The molecule has 1 amide bonds. The summed E-state index contributed by atoms with van der Waals surface area (Å²) in [6, 6.07) is 7.71. The molecule has 0 saturated heterocycles. The summed E-state index contributed by atoms with van der Waals surface area (Å²) in [5.41, 5.74) is 1.61. The number of benzene rings is 1. The normalized spacial score (nSPS) is 19.9. The fraction of sp³-hybridized carbons (Fsp3) is 0.462. The molecule has 0 saturated carbocycles. The quantitative estimate of drug-likeness (QED) is 0.632. The van der Waals surface area contributed by atoms with Crippen molar-refractivity contribution in [1.82, 2.24) is 14.8 Å². The first-order chi connectivity index (χ1) is 16.2. The third-order valence-electron chi connectivity index (χ3n) is 5.78. The molecule has 3 rings (SSSR count). The highest BCUT2D eigenvalue weighted by atomic mass is 19.1. The van der Waals surface area contributed by atoms with Gasteiger partial charge < -0.3 is 19.8 Å². The number of aliphatic hydroxyl groups excluding tert-OH is 2. The number of fused-ring (bicyclic) bond motifs is 1. The highest BCUT2D eigenvalue weighted by Gasteiger charge is 2.34. The van der Waals surface area contributed by atoms with Crippen molar-refractivity contribution in [2.24, 2.45) is 5.92 Å². The number of amides is 1. The van der Waals surface area contributed by atoms with Gasteiger partial charge in [0, 0.05) is 37.3 Å². The summed E-state index contributed by atoms with van der Waals surface area (Å²) in [7, 11) is 1.93. The van der Waals surface area contributed by atoms with Crippen LogP contribution in [-0.2, 0) is 6.54 Å². The van der Waals surface area contributed by atoms with Gasteiger partial charge in [-0.1, -0.05) is 30.9 Å². The molecule has 34 heavy (non-hydrogen) atoms. The van der Waals surface area contributed by atoms with Gasteiger partial charge in [-0.25, -0.2) is 9.37 Å². The smallest absolute Gasteiger partial charge is 0.259 e. The largest absolute Gasteiger partial charge is 0.472 e. The van der Waals surface area contributed by atoms with E-state index in [2.05, 4.69) is 16.8 Å². The van der Waals surface area contributed by atoms with E-state index in [9.17, 15) is 19.4 Å². The number of hydrogen-bond donors (Lipinski definition) is 2. The lowest BCUT2D eigenvalue weighted by Gasteiger charge is -2.37. The minimum atomic E-state index is -0.807. The van der Waals surface area contributed by atoms with Crippen molar-refractivity contribution >= 4 is 5.91 Å². The van der Waals surface area contributed by atoms with Gasteiger partial charge in [-0.05, 0) is 44.7 Å². The van der Waals surface area contributed by atoms with Gasteiger partial charge in [0.2, 0.25) is 5.88 Å². The standard InChI is InChI=1S/C26H32FN3O4/c1-17-13-30(18(2)16-31)26(33)23-11-20(9-8-19(3)32)12-28-25(23)34-24(17)15-29(4)14-21-6-5-7-22(27)10-21/h5-7,10-12,17-19,24,31-32H,13-16H2,1-4H3/t17-,18-,19-,24-/m0/s1. The summed E-state index contributed by atoms with van der Waals surface area (Å²) < 4.78 is 19.8. The molecular formula is C26H32FN3O4. The van der Waals surface area contributed by atoms with Crippen LogP contribution >= 0.6 is 0 Å². The number of ether oxygens (including phenoxy) is 1. The number of halogens is 1. The van der Waals surface area contributed by atoms with Gasteiger partial charge >= 0.3 is 0 Å². The fourth-order valence-corrected chi connectivity index (χ4v) is 3.90. The van der Waals surface area contributed by atoms with Crippen molar-refractivity contribution in [3.63, 3.8) is 0 Å². The molecule has 0 unspecified atom stereocenters. The predicted molar refractivity (Wildman–Crippen MR) is 127 cm³/mol. The van der Waals surface area contributed by atoms with Gasteiger partial charge in [-0.2, -0.15) is 0 Å². The third kappa shape index (κ3) is 6.54. The molecule has 0 bridgehead atoms. The Morgan fingerprint density at radius 1 is 1.35 bits per heavy atom. The molecule has 4 atom stereocenters. The van der Waals surface area contributed by atoms with E-state index in [1.807, 2.05) is 24.9 Å². The molecule has 2 N–H and O–H groups in total. The molecule has 7 nitrogen and oxygen atoms in total. The van der Waals surface area contributed by atoms with Gasteiger partial charge in [0.1, 0.15) is 23.6 Å². The molecule has 8 heteroatoms. The zero-order chi connectivity index (χ0) is 24.8. The van der Waals surface area contributed by atoms with Crippen LogP contribution in [0.5, 0.6) is 5.88 Å². The number of aromatic nitrogens is 1.